The minimum absolute atomic E-state index is 0.916. The van der Waals surface area contributed by atoms with Gasteiger partial charge in [0.25, 0.3) is 0 Å². The first kappa shape index (κ1) is 9.74. The summed E-state index contributed by atoms with van der Waals surface area (Å²) in [6.07, 6.45) is 1.61. The largest absolute Gasteiger partial charge is 0.305 e. The Balaban J connectivity index is 2.93. The Labute approximate surface area is 83.1 Å². The van der Waals surface area contributed by atoms with Crippen LogP contribution in [0.15, 0.2) is 22.7 Å². The quantitative estimate of drug-likeness (QED) is 0.855. The Hall–Kier alpha value is -0.350. The van der Waals surface area contributed by atoms with E-state index in [0.29, 0.717) is 0 Å². The van der Waals surface area contributed by atoms with Crippen LogP contribution in [0.2, 0.25) is 0 Å². The molecule has 0 saturated carbocycles. The van der Waals surface area contributed by atoms with E-state index in [2.05, 4.69) is 20.7 Å². The zero-order chi connectivity index (χ0) is 9.14. The van der Waals surface area contributed by atoms with Crippen LogP contribution in [0.5, 0.6) is 0 Å². The van der Waals surface area contributed by atoms with Gasteiger partial charge >= 0.3 is 0 Å². The molecule has 0 aliphatic heterocycles. The van der Waals surface area contributed by atoms with Gasteiger partial charge in [-0.25, -0.2) is 4.21 Å². The molecule has 1 unspecified atom stereocenters. The van der Waals surface area contributed by atoms with Crippen molar-refractivity contribution in [3.05, 3.63) is 28.2 Å². The van der Waals surface area contributed by atoms with E-state index in [-0.39, 0.29) is 0 Å². The van der Waals surface area contributed by atoms with E-state index in [0.717, 1.165) is 15.7 Å². The molecule has 1 aromatic rings. The SMILES string of the molecule is Cc1cc(Br)ccc1NS(C)=O. The summed E-state index contributed by atoms with van der Waals surface area (Å²) < 4.78 is 14.7. The molecule has 0 bridgehead atoms. The van der Waals surface area contributed by atoms with E-state index in [1.165, 1.54) is 0 Å². The maximum absolute atomic E-state index is 10.8. The third-order valence-electron chi connectivity index (χ3n) is 1.44. The van der Waals surface area contributed by atoms with Crippen molar-refractivity contribution in [1.29, 1.82) is 0 Å². The average Bonchev–Trinajstić information content (AvgIpc) is 1.94. The van der Waals surface area contributed by atoms with Crippen LogP contribution < -0.4 is 4.72 Å². The molecule has 0 aliphatic rings. The van der Waals surface area contributed by atoms with Gasteiger partial charge in [-0.2, -0.15) is 0 Å². The number of rotatable bonds is 2. The van der Waals surface area contributed by atoms with Crippen molar-refractivity contribution in [3.63, 3.8) is 0 Å². The number of benzene rings is 1. The summed E-state index contributed by atoms with van der Waals surface area (Å²) in [7, 11) is -0.999. The fourth-order valence-corrected chi connectivity index (χ4v) is 1.91. The van der Waals surface area contributed by atoms with E-state index in [9.17, 15) is 4.21 Å². The van der Waals surface area contributed by atoms with Crippen LogP contribution in [0.4, 0.5) is 5.69 Å². The first-order valence-electron chi connectivity index (χ1n) is 3.46. The lowest BCUT2D eigenvalue weighted by Gasteiger charge is -2.05. The zero-order valence-electron chi connectivity index (χ0n) is 6.93. The molecule has 0 radical (unpaired) electrons. The van der Waals surface area contributed by atoms with Gasteiger partial charge < -0.3 is 4.72 Å². The first-order valence-corrected chi connectivity index (χ1v) is 5.81. The monoisotopic (exact) mass is 247 g/mol. The van der Waals surface area contributed by atoms with Crippen LogP contribution in [0.1, 0.15) is 5.56 Å². The van der Waals surface area contributed by atoms with Crippen molar-refractivity contribution < 1.29 is 4.21 Å². The topological polar surface area (TPSA) is 29.1 Å². The second-order valence-electron chi connectivity index (χ2n) is 2.52. The summed E-state index contributed by atoms with van der Waals surface area (Å²) in [5, 5.41) is 0. The van der Waals surface area contributed by atoms with E-state index < -0.39 is 11.0 Å². The van der Waals surface area contributed by atoms with Crippen molar-refractivity contribution >= 4 is 32.6 Å². The molecule has 0 saturated heterocycles. The van der Waals surface area contributed by atoms with Gasteiger partial charge in [0, 0.05) is 16.4 Å². The zero-order valence-corrected chi connectivity index (χ0v) is 9.33. The molecule has 2 nitrogen and oxygen atoms in total. The predicted octanol–water partition coefficient (Wildman–Crippen LogP) is 2.46. The molecular formula is C8H10BrNOS. The van der Waals surface area contributed by atoms with Crippen molar-refractivity contribution in [2.45, 2.75) is 6.92 Å². The minimum Gasteiger partial charge on any atom is -0.305 e. The highest BCUT2D eigenvalue weighted by Crippen LogP contribution is 2.19. The van der Waals surface area contributed by atoms with Crippen LogP contribution in [-0.4, -0.2) is 10.5 Å². The van der Waals surface area contributed by atoms with Crippen molar-refractivity contribution in [3.8, 4) is 0 Å². The Morgan fingerprint density at radius 1 is 1.50 bits per heavy atom. The molecule has 0 heterocycles. The lowest BCUT2D eigenvalue weighted by molar-refractivity contribution is 0.690. The van der Waals surface area contributed by atoms with E-state index in [1.807, 2.05) is 25.1 Å². The fraction of sp³-hybridized carbons (Fsp3) is 0.250. The third-order valence-corrected chi connectivity index (χ3v) is 2.44. The lowest BCUT2D eigenvalue weighted by atomic mass is 10.2. The molecule has 66 valence electrons. The highest BCUT2D eigenvalue weighted by atomic mass is 79.9. The van der Waals surface area contributed by atoms with Gasteiger partial charge in [-0.1, -0.05) is 15.9 Å². The van der Waals surface area contributed by atoms with Crippen LogP contribution in [-0.2, 0) is 11.0 Å². The Bertz CT molecular complexity index is 314. The summed E-state index contributed by atoms with van der Waals surface area (Å²) in [4.78, 5) is 0. The Morgan fingerprint density at radius 2 is 2.17 bits per heavy atom. The van der Waals surface area contributed by atoms with Gasteiger partial charge in [0.05, 0.1) is 0 Å². The molecule has 12 heavy (non-hydrogen) atoms. The highest BCUT2D eigenvalue weighted by molar-refractivity contribution is 9.10. The normalized spacial score (nSPS) is 12.6. The summed E-state index contributed by atoms with van der Waals surface area (Å²) in [5.41, 5.74) is 2.00. The third kappa shape index (κ3) is 2.60. The Morgan fingerprint density at radius 3 is 2.67 bits per heavy atom. The molecule has 0 fully saturated rings. The molecule has 1 aromatic carbocycles. The van der Waals surface area contributed by atoms with Crippen molar-refractivity contribution in [1.82, 2.24) is 0 Å². The number of halogens is 1. The van der Waals surface area contributed by atoms with Crippen LogP contribution in [0.3, 0.4) is 0 Å². The molecule has 1 rings (SSSR count). The van der Waals surface area contributed by atoms with Crippen LogP contribution in [0.25, 0.3) is 0 Å². The number of nitrogens with one attached hydrogen (secondary N) is 1. The van der Waals surface area contributed by atoms with Gasteiger partial charge in [0.2, 0.25) is 0 Å². The van der Waals surface area contributed by atoms with Gasteiger partial charge in [-0.3, -0.25) is 0 Å². The fourth-order valence-electron chi connectivity index (χ4n) is 0.896. The van der Waals surface area contributed by atoms with Crippen molar-refractivity contribution in [2.24, 2.45) is 0 Å². The number of anilines is 1. The maximum atomic E-state index is 10.8. The lowest BCUT2D eigenvalue weighted by Crippen LogP contribution is -2.02. The maximum Gasteiger partial charge on any atom is 0.113 e. The summed E-state index contributed by atoms with van der Waals surface area (Å²) in [6, 6.07) is 5.80. The van der Waals surface area contributed by atoms with Crippen LogP contribution >= 0.6 is 15.9 Å². The van der Waals surface area contributed by atoms with Gasteiger partial charge in [0.1, 0.15) is 11.0 Å². The molecule has 0 aromatic heterocycles. The highest BCUT2D eigenvalue weighted by Gasteiger charge is 1.98. The minimum atomic E-state index is -0.999. The number of aryl methyl sites for hydroxylation is 1. The summed E-state index contributed by atoms with van der Waals surface area (Å²) >= 11 is 3.36. The standard InChI is InChI=1S/C8H10BrNOS/c1-6-5-7(9)3-4-8(6)10-12(2)11/h3-5,10H,1-2H3. The van der Waals surface area contributed by atoms with Crippen LogP contribution in [0, 0.1) is 6.92 Å². The molecule has 1 N–H and O–H groups in total. The smallest absolute Gasteiger partial charge is 0.113 e. The molecule has 0 aliphatic carbocycles. The predicted molar refractivity (Wildman–Crippen MR) is 56.6 cm³/mol. The first-order chi connectivity index (χ1) is 5.59. The summed E-state index contributed by atoms with van der Waals surface area (Å²) in [6.45, 7) is 1.97. The van der Waals surface area contributed by atoms with Crippen molar-refractivity contribution in [2.75, 3.05) is 11.0 Å². The summed E-state index contributed by atoms with van der Waals surface area (Å²) in [5.74, 6) is 0. The molecule has 4 heteroatoms. The van der Waals surface area contributed by atoms with E-state index in [1.54, 1.807) is 6.26 Å². The number of hydrogen-bond donors (Lipinski definition) is 1. The van der Waals surface area contributed by atoms with Gasteiger partial charge in [-0.15, -0.1) is 0 Å². The molecule has 1 atom stereocenters. The van der Waals surface area contributed by atoms with Gasteiger partial charge in [-0.05, 0) is 30.7 Å². The average molecular weight is 248 g/mol. The molecule has 0 amide bonds. The van der Waals surface area contributed by atoms with Gasteiger partial charge in [0.15, 0.2) is 0 Å². The molecule has 0 spiro atoms. The number of hydrogen-bond acceptors (Lipinski definition) is 1. The second kappa shape index (κ2) is 4.05. The molecular weight excluding hydrogens is 238 g/mol. The van der Waals surface area contributed by atoms with E-state index in [4.69, 9.17) is 0 Å². The second-order valence-corrected chi connectivity index (χ2v) is 4.54. The van der Waals surface area contributed by atoms with E-state index >= 15 is 0 Å². The Kier molecular flexibility index (Phi) is 3.29.